The monoisotopic (exact) mass is 508 g/mol. The first kappa shape index (κ1) is 25.7. The number of halogens is 2. The average Bonchev–Trinajstić information content (AvgIpc) is 3.40. The summed E-state index contributed by atoms with van der Waals surface area (Å²) in [6.45, 7) is -0.396. The molecule has 1 saturated carbocycles. The van der Waals surface area contributed by atoms with Gasteiger partial charge in [0, 0.05) is 24.6 Å². The molecule has 3 aromatic rings. The molecule has 188 valence electrons. The molecule has 1 aliphatic rings. The number of rotatable bonds is 10. The predicted octanol–water partition coefficient (Wildman–Crippen LogP) is 5.56. The van der Waals surface area contributed by atoms with Crippen LogP contribution in [0.2, 0.25) is 5.02 Å². The number of nitrogens with zero attached hydrogens (tertiary/aromatic N) is 1. The number of hydrogen-bond acceptors (Lipinski definition) is 3. The Morgan fingerprint density at radius 3 is 2.36 bits per heavy atom. The predicted molar refractivity (Wildman–Crippen MR) is 138 cm³/mol. The summed E-state index contributed by atoms with van der Waals surface area (Å²) in [5, 5.41) is 3.51. The summed E-state index contributed by atoms with van der Waals surface area (Å²) in [7, 11) is 0. The lowest BCUT2D eigenvalue weighted by molar-refractivity contribution is -0.143. The molecule has 1 N–H and O–H groups in total. The molecule has 0 saturated heterocycles. The van der Waals surface area contributed by atoms with E-state index in [-0.39, 0.29) is 25.1 Å². The van der Waals surface area contributed by atoms with Gasteiger partial charge in [-0.2, -0.15) is 0 Å². The fourth-order valence-electron chi connectivity index (χ4n) is 4.52. The van der Waals surface area contributed by atoms with E-state index in [4.69, 9.17) is 16.3 Å². The minimum absolute atomic E-state index is 0.0625. The van der Waals surface area contributed by atoms with Crippen molar-refractivity contribution in [3.63, 3.8) is 0 Å². The Labute approximate surface area is 216 Å². The van der Waals surface area contributed by atoms with Gasteiger partial charge in [-0.3, -0.25) is 9.59 Å². The van der Waals surface area contributed by atoms with Crippen LogP contribution >= 0.6 is 11.6 Å². The van der Waals surface area contributed by atoms with Gasteiger partial charge in [0.05, 0.1) is 5.02 Å². The van der Waals surface area contributed by atoms with Crippen LogP contribution in [0.3, 0.4) is 0 Å². The number of hydrogen-bond donors (Lipinski definition) is 1. The molecule has 7 heteroatoms. The summed E-state index contributed by atoms with van der Waals surface area (Å²) in [6, 6.07) is 21.9. The van der Waals surface area contributed by atoms with Crippen molar-refractivity contribution in [1.29, 1.82) is 0 Å². The molecule has 0 radical (unpaired) electrons. The maximum atomic E-state index is 14.6. The third kappa shape index (κ3) is 6.85. The molecule has 1 atom stereocenters. The molecule has 0 unspecified atom stereocenters. The van der Waals surface area contributed by atoms with Crippen LogP contribution in [0.1, 0.15) is 36.8 Å². The van der Waals surface area contributed by atoms with Crippen molar-refractivity contribution in [2.75, 3.05) is 6.61 Å². The molecule has 0 spiro atoms. The van der Waals surface area contributed by atoms with Crippen LogP contribution in [0.15, 0.2) is 78.9 Å². The van der Waals surface area contributed by atoms with Crippen LogP contribution in [0.25, 0.3) is 0 Å². The lowest BCUT2D eigenvalue weighted by Crippen LogP contribution is -2.53. The summed E-state index contributed by atoms with van der Waals surface area (Å²) in [4.78, 5) is 28.6. The highest BCUT2D eigenvalue weighted by molar-refractivity contribution is 6.32. The number of ether oxygens (including phenoxy) is 1. The van der Waals surface area contributed by atoms with Crippen LogP contribution in [-0.4, -0.2) is 35.4 Å². The highest BCUT2D eigenvalue weighted by Crippen LogP contribution is 2.24. The third-order valence-electron chi connectivity index (χ3n) is 6.46. The maximum Gasteiger partial charge on any atom is 0.261 e. The van der Waals surface area contributed by atoms with Gasteiger partial charge in [0.2, 0.25) is 5.91 Å². The smallest absolute Gasteiger partial charge is 0.261 e. The number of amides is 2. The highest BCUT2D eigenvalue weighted by atomic mass is 35.5. The van der Waals surface area contributed by atoms with Crippen LogP contribution in [0.4, 0.5) is 4.39 Å². The lowest BCUT2D eigenvalue weighted by atomic mass is 10.0. The summed E-state index contributed by atoms with van der Waals surface area (Å²) < 4.78 is 20.4. The molecule has 1 aliphatic carbocycles. The summed E-state index contributed by atoms with van der Waals surface area (Å²) in [5.41, 5.74) is 1.23. The van der Waals surface area contributed by atoms with Crippen LogP contribution in [0.5, 0.6) is 5.75 Å². The van der Waals surface area contributed by atoms with Crippen molar-refractivity contribution in [3.8, 4) is 5.75 Å². The van der Waals surface area contributed by atoms with E-state index in [1.165, 1.54) is 11.0 Å². The number of nitrogens with one attached hydrogen (secondary N) is 1. The van der Waals surface area contributed by atoms with E-state index in [1.807, 2.05) is 30.3 Å². The number of carbonyl (C=O) groups excluding carboxylic acids is 2. The Balaban J connectivity index is 1.63. The molecule has 1 fully saturated rings. The van der Waals surface area contributed by atoms with Crippen molar-refractivity contribution >= 4 is 23.4 Å². The van der Waals surface area contributed by atoms with E-state index in [0.29, 0.717) is 22.8 Å². The zero-order chi connectivity index (χ0) is 25.3. The van der Waals surface area contributed by atoms with E-state index >= 15 is 0 Å². The van der Waals surface area contributed by atoms with Gasteiger partial charge in [0.15, 0.2) is 6.61 Å². The Bertz CT molecular complexity index is 1170. The van der Waals surface area contributed by atoms with E-state index < -0.39 is 17.8 Å². The number of carbonyl (C=O) groups is 2. The molecule has 0 heterocycles. The maximum absolute atomic E-state index is 14.6. The van der Waals surface area contributed by atoms with E-state index in [9.17, 15) is 14.0 Å². The average molecular weight is 509 g/mol. The molecular weight excluding hydrogens is 479 g/mol. The van der Waals surface area contributed by atoms with Crippen molar-refractivity contribution in [3.05, 3.63) is 101 Å². The van der Waals surface area contributed by atoms with Gasteiger partial charge in [-0.1, -0.05) is 85.1 Å². The van der Waals surface area contributed by atoms with Crippen molar-refractivity contribution in [2.45, 2.75) is 50.7 Å². The van der Waals surface area contributed by atoms with E-state index in [0.717, 1.165) is 31.2 Å². The minimum atomic E-state index is -0.838. The normalized spacial score (nSPS) is 14.3. The molecular formula is C29H30ClFN2O3. The molecule has 3 aromatic carbocycles. The molecule has 5 nitrogen and oxygen atoms in total. The SMILES string of the molecule is O=C(NC1CCCC1)[C@@H](Cc1ccccc1)N(Cc1ccccc1F)C(=O)COc1ccccc1Cl. The summed E-state index contributed by atoms with van der Waals surface area (Å²) >= 11 is 6.19. The number of benzene rings is 3. The third-order valence-corrected chi connectivity index (χ3v) is 6.77. The van der Waals surface area contributed by atoms with E-state index in [1.54, 1.807) is 42.5 Å². The van der Waals surface area contributed by atoms with Crippen molar-refractivity contribution in [1.82, 2.24) is 10.2 Å². The second kappa shape index (κ2) is 12.5. The van der Waals surface area contributed by atoms with Gasteiger partial charge in [-0.25, -0.2) is 4.39 Å². The Morgan fingerprint density at radius 2 is 1.64 bits per heavy atom. The molecule has 0 aromatic heterocycles. The molecule has 0 aliphatic heterocycles. The van der Waals surface area contributed by atoms with Crippen molar-refractivity contribution < 1.29 is 18.7 Å². The molecule has 36 heavy (non-hydrogen) atoms. The van der Waals surface area contributed by atoms with Crippen molar-refractivity contribution in [2.24, 2.45) is 0 Å². The second-order valence-electron chi connectivity index (χ2n) is 9.03. The Morgan fingerprint density at radius 1 is 0.972 bits per heavy atom. The quantitative estimate of drug-likeness (QED) is 0.390. The van der Waals surface area contributed by atoms with Gasteiger partial charge >= 0.3 is 0 Å². The fraction of sp³-hybridized carbons (Fsp3) is 0.310. The molecule has 0 bridgehead atoms. The first-order valence-corrected chi connectivity index (χ1v) is 12.6. The Kier molecular flexibility index (Phi) is 8.95. The first-order valence-electron chi connectivity index (χ1n) is 12.3. The summed E-state index contributed by atoms with van der Waals surface area (Å²) in [5.74, 6) is -0.737. The fourth-order valence-corrected chi connectivity index (χ4v) is 4.71. The lowest BCUT2D eigenvalue weighted by Gasteiger charge is -2.32. The van der Waals surface area contributed by atoms with Gasteiger partial charge in [0.1, 0.15) is 17.6 Å². The zero-order valence-corrected chi connectivity index (χ0v) is 20.8. The van der Waals surface area contributed by atoms with Gasteiger partial charge in [-0.05, 0) is 36.6 Å². The van der Waals surface area contributed by atoms with Gasteiger partial charge < -0.3 is 15.0 Å². The topological polar surface area (TPSA) is 58.6 Å². The highest BCUT2D eigenvalue weighted by Gasteiger charge is 2.33. The standard InChI is InChI=1S/C29H30ClFN2O3/c30-24-15-7-9-17-27(24)36-20-28(34)33(19-22-12-4-8-16-25(22)31)26(18-21-10-2-1-3-11-21)29(35)32-23-13-5-6-14-23/h1-4,7-12,15-17,23,26H,5-6,13-14,18-20H2,(H,32,35)/t26-/m1/s1. The second-order valence-corrected chi connectivity index (χ2v) is 9.43. The first-order chi connectivity index (χ1) is 17.5. The van der Waals surface area contributed by atoms with Gasteiger partial charge in [0.25, 0.3) is 5.91 Å². The van der Waals surface area contributed by atoms with Crippen LogP contribution < -0.4 is 10.1 Å². The van der Waals surface area contributed by atoms with E-state index in [2.05, 4.69) is 5.32 Å². The minimum Gasteiger partial charge on any atom is -0.482 e. The van der Waals surface area contributed by atoms with Crippen LogP contribution in [-0.2, 0) is 22.6 Å². The summed E-state index contributed by atoms with van der Waals surface area (Å²) in [6.07, 6.45) is 4.27. The number of para-hydroxylation sites is 1. The van der Waals surface area contributed by atoms with Crippen LogP contribution in [0, 0.1) is 5.82 Å². The van der Waals surface area contributed by atoms with Gasteiger partial charge in [-0.15, -0.1) is 0 Å². The Hall–Kier alpha value is -3.38. The molecule has 2 amide bonds. The molecule has 4 rings (SSSR count). The zero-order valence-electron chi connectivity index (χ0n) is 20.0. The largest absolute Gasteiger partial charge is 0.482 e.